The van der Waals surface area contributed by atoms with Crippen LogP contribution >= 0.6 is 0 Å². The van der Waals surface area contributed by atoms with Crippen molar-refractivity contribution >= 4 is 22.9 Å². The standard InChI is InChI=1S/C13H18N6O4/c1-3-18(2)12(22)9-7(20)8(21)13(23-9)19-5-17-6-10(14)15-4-16-11(6)19/h4-5,7-9,13,20-21H,3H2,1-2H3,(H2,14,15,16). The van der Waals surface area contributed by atoms with Gasteiger partial charge in [-0.15, -0.1) is 0 Å². The number of aliphatic hydroxyl groups is 2. The van der Waals surface area contributed by atoms with E-state index in [1.165, 1.54) is 22.1 Å². The van der Waals surface area contributed by atoms with E-state index in [-0.39, 0.29) is 5.82 Å². The highest BCUT2D eigenvalue weighted by molar-refractivity contribution is 5.82. The summed E-state index contributed by atoms with van der Waals surface area (Å²) < 4.78 is 7.02. The topological polar surface area (TPSA) is 140 Å². The first kappa shape index (κ1) is 15.6. The van der Waals surface area contributed by atoms with Crippen molar-refractivity contribution in [2.24, 2.45) is 0 Å². The Morgan fingerprint density at radius 3 is 2.83 bits per heavy atom. The maximum atomic E-state index is 12.2. The molecule has 124 valence electrons. The minimum absolute atomic E-state index is 0.195. The van der Waals surface area contributed by atoms with Crippen molar-refractivity contribution < 1.29 is 19.7 Å². The number of hydrogen-bond acceptors (Lipinski definition) is 8. The fourth-order valence-electron chi connectivity index (χ4n) is 2.52. The highest BCUT2D eigenvalue weighted by Gasteiger charge is 2.48. The van der Waals surface area contributed by atoms with Crippen LogP contribution in [0, 0.1) is 0 Å². The van der Waals surface area contributed by atoms with Crippen LogP contribution in [0.4, 0.5) is 5.82 Å². The van der Waals surface area contributed by atoms with Gasteiger partial charge < -0.3 is 25.6 Å². The summed E-state index contributed by atoms with van der Waals surface area (Å²) in [5, 5.41) is 20.4. The molecule has 3 heterocycles. The molecule has 0 saturated carbocycles. The summed E-state index contributed by atoms with van der Waals surface area (Å²) in [7, 11) is 1.60. The quantitative estimate of drug-likeness (QED) is 0.620. The van der Waals surface area contributed by atoms with Crippen molar-refractivity contribution in [3.05, 3.63) is 12.7 Å². The Kier molecular flexibility index (Phi) is 3.88. The zero-order valence-electron chi connectivity index (χ0n) is 12.7. The van der Waals surface area contributed by atoms with Crippen molar-refractivity contribution in [3.8, 4) is 0 Å². The summed E-state index contributed by atoms with van der Waals surface area (Å²) in [6, 6.07) is 0. The van der Waals surface area contributed by atoms with Gasteiger partial charge in [0.05, 0.1) is 6.33 Å². The molecule has 1 aliphatic heterocycles. The van der Waals surface area contributed by atoms with Crippen LogP contribution in [-0.2, 0) is 9.53 Å². The first-order chi connectivity index (χ1) is 11.0. The number of aromatic nitrogens is 4. The highest BCUT2D eigenvalue weighted by Crippen LogP contribution is 2.32. The molecule has 1 saturated heterocycles. The number of nitrogen functional groups attached to an aromatic ring is 1. The van der Waals surface area contributed by atoms with Gasteiger partial charge in [0.1, 0.15) is 24.1 Å². The molecule has 23 heavy (non-hydrogen) atoms. The Morgan fingerprint density at radius 1 is 1.39 bits per heavy atom. The Balaban J connectivity index is 1.94. The van der Waals surface area contributed by atoms with E-state index in [0.717, 1.165) is 0 Å². The van der Waals surface area contributed by atoms with E-state index >= 15 is 0 Å². The normalized spacial score (nSPS) is 27.5. The lowest BCUT2D eigenvalue weighted by Gasteiger charge is -2.20. The van der Waals surface area contributed by atoms with Crippen molar-refractivity contribution in [2.75, 3.05) is 19.3 Å². The number of fused-ring (bicyclic) bond motifs is 1. The number of aliphatic hydroxyl groups excluding tert-OH is 2. The zero-order valence-corrected chi connectivity index (χ0v) is 12.7. The predicted octanol–water partition coefficient (Wildman–Crippen LogP) is -1.49. The number of carbonyl (C=O) groups is 1. The Morgan fingerprint density at radius 2 is 2.13 bits per heavy atom. The van der Waals surface area contributed by atoms with Gasteiger partial charge in [-0.2, -0.15) is 0 Å². The monoisotopic (exact) mass is 322 g/mol. The Hall–Kier alpha value is -2.30. The molecule has 4 atom stereocenters. The number of anilines is 1. The van der Waals surface area contributed by atoms with Crippen LogP contribution < -0.4 is 5.73 Å². The van der Waals surface area contributed by atoms with E-state index in [1.54, 1.807) is 14.0 Å². The molecular weight excluding hydrogens is 304 g/mol. The van der Waals surface area contributed by atoms with Crippen molar-refractivity contribution in [3.63, 3.8) is 0 Å². The number of imidazole rings is 1. The molecule has 3 rings (SSSR count). The van der Waals surface area contributed by atoms with Gasteiger partial charge in [-0.05, 0) is 6.92 Å². The summed E-state index contributed by atoms with van der Waals surface area (Å²) in [5.41, 5.74) is 6.43. The van der Waals surface area contributed by atoms with Gasteiger partial charge in [-0.1, -0.05) is 0 Å². The second-order valence-electron chi connectivity index (χ2n) is 5.36. The van der Waals surface area contributed by atoms with E-state index in [1.807, 2.05) is 0 Å². The van der Waals surface area contributed by atoms with E-state index in [4.69, 9.17) is 10.5 Å². The number of ether oxygens (including phenoxy) is 1. The summed E-state index contributed by atoms with van der Waals surface area (Å²) in [6.45, 7) is 2.26. The molecule has 0 spiro atoms. The summed E-state index contributed by atoms with van der Waals surface area (Å²) in [5.74, 6) is -0.208. The van der Waals surface area contributed by atoms with Crippen LogP contribution in [0.1, 0.15) is 13.2 Å². The molecule has 4 N–H and O–H groups in total. The first-order valence-corrected chi connectivity index (χ1v) is 7.15. The molecule has 1 aliphatic rings. The van der Waals surface area contributed by atoms with E-state index in [9.17, 15) is 15.0 Å². The second kappa shape index (κ2) is 5.72. The van der Waals surface area contributed by atoms with E-state index in [2.05, 4.69) is 15.0 Å². The van der Waals surface area contributed by atoms with Crippen molar-refractivity contribution in [1.82, 2.24) is 24.4 Å². The van der Waals surface area contributed by atoms with Gasteiger partial charge in [0.15, 0.2) is 23.8 Å². The Labute approximate surface area is 131 Å². The van der Waals surface area contributed by atoms with Crippen LogP contribution in [0.5, 0.6) is 0 Å². The smallest absolute Gasteiger partial charge is 0.254 e. The third-order valence-corrected chi connectivity index (χ3v) is 3.99. The number of hydrogen-bond donors (Lipinski definition) is 3. The van der Waals surface area contributed by atoms with Crippen LogP contribution in [0.2, 0.25) is 0 Å². The molecule has 0 radical (unpaired) electrons. The third-order valence-electron chi connectivity index (χ3n) is 3.99. The lowest BCUT2D eigenvalue weighted by Crippen LogP contribution is -2.43. The number of nitrogens with two attached hydrogens (primary N) is 1. The summed E-state index contributed by atoms with van der Waals surface area (Å²) in [6.07, 6.45) is -2.16. The Bertz CT molecular complexity index is 734. The van der Waals surface area contributed by atoms with Crippen LogP contribution in [0.3, 0.4) is 0 Å². The lowest BCUT2D eigenvalue weighted by atomic mass is 10.1. The van der Waals surface area contributed by atoms with Crippen molar-refractivity contribution in [2.45, 2.75) is 31.5 Å². The fourth-order valence-corrected chi connectivity index (χ4v) is 2.52. The molecule has 2 aromatic rings. The fraction of sp³-hybridized carbons (Fsp3) is 0.538. The minimum atomic E-state index is -1.35. The third kappa shape index (κ3) is 2.40. The highest BCUT2D eigenvalue weighted by atomic mass is 16.6. The number of carbonyl (C=O) groups excluding carboxylic acids is 1. The molecule has 0 bridgehead atoms. The van der Waals surface area contributed by atoms with Gasteiger partial charge in [0.2, 0.25) is 0 Å². The minimum Gasteiger partial charge on any atom is -0.387 e. The van der Waals surface area contributed by atoms with Gasteiger partial charge in [-0.25, -0.2) is 15.0 Å². The first-order valence-electron chi connectivity index (χ1n) is 7.15. The van der Waals surface area contributed by atoms with Gasteiger partial charge >= 0.3 is 0 Å². The molecule has 10 nitrogen and oxygen atoms in total. The molecule has 1 fully saturated rings. The molecule has 0 aromatic carbocycles. The summed E-state index contributed by atoms with van der Waals surface area (Å²) >= 11 is 0. The number of likely N-dealkylation sites (N-methyl/N-ethyl adjacent to an activating group) is 1. The lowest BCUT2D eigenvalue weighted by molar-refractivity contribution is -0.147. The SMILES string of the molecule is CCN(C)C(=O)C1OC(n2cnc3c(N)ncnc32)C(O)C1O. The second-order valence-corrected chi connectivity index (χ2v) is 5.36. The maximum absolute atomic E-state index is 12.2. The van der Waals surface area contributed by atoms with Gasteiger partial charge in [0, 0.05) is 13.6 Å². The van der Waals surface area contributed by atoms with Gasteiger partial charge in [0.25, 0.3) is 5.91 Å². The number of nitrogens with zero attached hydrogens (tertiary/aromatic N) is 5. The largest absolute Gasteiger partial charge is 0.387 e. The summed E-state index contributed by atoms with van der Waals surface area (Å²) in [4.78, 5) is 25.6. The number of amides is 1. The molecule has 0 aliphatic carbocycles. The predicted molar refractivity (Wildman–Crippen MR) is 79.0 cm³/mol. The zero-order chi connectivity index (χ0) is 16.7. The maximum Gasteiger partial charge on any atom is 0.254 e. The molecule has 1 amide bonds. The molecule has 2 aromatic heterocycles. The van der Waals surface area contributed by atoms with E-state index < -0.39 is 30.4 Å². The average Bonchev–Trinajstić information content (AvgIpc) is 3.09. The average molecular weight is 322 g/mol. The van der Waals surface area contributed by atoms with Crippen molar-refractivity contribution in [1.29, 1.82) is 0 Å². The number of rotatable bonds is 3. The van der Waals surface area contributed by atoms with Gasteiger partial charge in [-0.3, -0.25) is 9.36 Å². The van der Waals surface area contributed by atoms with Crippen LogP contribution in [0.15, 0.2) is 12.7 Å². The van der Waals surface area contributed by atoms with Crippen LogP contribution in [-0.4, -0.2) is 72.4 Å². The molecule has 10 heteroatoms. The molecule has 4 unspecified atom stereocenters. The van der Waals surface area contributed by atoms with Crippen LogP contribution in [0.25, 0.3) is 11.2 Å². The van der Waals surface area contributed by atoms with E-state index in [0.29, 0.717) is 17.7 Å². The molecular formula is C13H18N6O4.